The zero-order valence-corrected chi connectivity index (χ0v) is 29.0. The van der Waals surface area contributed by atoms with Gasteiger partial charge in [0.2, 0.25) is 5.88 Å². The zero-order valence-electron chi connectivity index (χ0n) is 28.3. The molecule has 2 aromatic carbocycles. The van der Waals surface area contributed by atoms with Crippen molar-refractivity contribution in [2.75, 3.05) is 26.1 Å². The molecule has 262 valence electrons. The molecule has 5 aromatic rings. The summed E-state index contributed by atoms with van der Waals surface area (Å²) in [6.45, 7) is 3.14. The highest BCUT2D eigenvalue weighted by molar-refractivity contribution is 6.36. The number of benzene rings is 2. The summed E-state index contributed by atoms with van der Waals surface area (Å²) in [5.41, 5.74) is 5.31. The Bertz CT molecular complexity index is 2160. The van der Waals surface area contributed by atoms with Gasteiger partial charge < -0.3 is 14.8 Å². The van der Waals surface area contributed by atoms with Crippen LogP contribution in [0.1, 0.15) is 59.4 Å². The molecule has 2 bridgehead atoms. The molecule has 0 radical (unpaired) electrons. The van der Waals surface area contributed by atoms with Crippen molar-refractivity contribution in [3.05, 3.63) is 88.3 Å². The number of carbonyl (C=O) groups excluding carboxylic acids is 2. The van der Waals surface area contributed by atoms with Gasteiger partial charge in [-0.1, -0.05) is 48.0 Å². The number of ether oxygens (including phenoxy) is 2. The fourth-order valence-electron chi connectivity index (χ4n) is 7.43. The number of hydrogen-bond acceptors (Lipinski definition) is 10. The number of methoxy groups -OCH3 is 2. The first kappa shape index (κ1) is 34.4. The van der Waals surface area contributed by atoms with Gasteiger partial charge >= 0.3 is 5.97 Å². The van der Waals surface area contributed by atoms with Gasteiger partial charge in [-0.3, -0.25) is 14.5 Å². The predicted octanol–water partition coefficient (Wildman–Crippen LogP) is 8.14. The number of esters is 1. The first-order chi connectivity index (χ1) is 24.6. The maximum atomic E-state index is 13.8. The molecular weight excluding hydrogens is 678 g/mol. The average Bonchev–Trinajstić information content (AvgIpc) is 3.15. The van der Waals surface area contributed by atoms with Gasteiger partial charge in [0.1, 0.15) is 5.52 Å². The number of fused-ring (bicyclic) bond motifs is 4. The highest BCUT2D eigenvalue weighted by Crippen LogP contribution is 2.46. The number of alkyl halides is 2. The molecule has 2 aliphatic heterocycles. The summed E-state index contributed by atoms with van der Waals surface area (Å²) < 4.78 is 38.5. The lowest BCUT2D eigenvalue weighted by Gasteiger charge is -2.51. The summed E-state index contributed by atoms with van der Waals surface area (Å²) >= 11 is 7.12. The summed E-state index contributed by atoms with van der Waals surface area (Å²) in [6, 6.07) is 17.0. The fourth-order valence-corrected chi connectivity index (χ4v) is 7.76. The van der Waals surface area contributed by atoms with E-state index in [4.69, 9.17) is 26.1 Å². The van der Waals surface area contributed by atoms with E-state index in [1.165, 1.54) is 19.4 Å². The maximum Gasteiger partial charge on any atom is 0.313 e. The number of aromatic nitrogens is 4. The van der Waals surface area contributed by atoms with Crippen molar-refractivity contribution in [1.82, 2.24) is 24.8 Å². The molecule has 0 atom stereocenters. The first-order valence-electron chi connectivity index (χ1n) is 16.6. The van der Waals surface area contributed by atoms with Crippen LogP contribution >= 0.6 is 11.6 Å². The Hall–Kier alpha value is -5.07. The third-order valence-corrected chi connectivity index (χ3v) is 10.5. The van der Waals surface area contributed by atoms with Crippen molar-refractivity contribution < 1.29 is 27.8 Å². The molecule has 13 heteroatoms. The molecule has 3 aliphatic rings. The van der Waals surface area contributed by atoms with Gasteiger partial charge in [-0.25, -0.2) is 28.7 Å². The lowest BCUT2D eigenvalue weighted by Crippen LogP contribution is -2.56. The molecule has 0 spiro atoms. The number of carbonyl (C=O) groups is 2. The van der Waals surface area contributed by atoms with Crippen molar-refractivity contribution in [3.8, 4) is 28.3 Å². The Labute approximate surface area is 298 Å². The van der Waals surface area contributed by atoms with Crippen LogP contribution < -0.4 is 10.1 Å². The standard InChI is InChI=1S/C38H35ClF2N6O4/c1-21-25(6-5-9-28(21)43-34-32-30(16-22(19-48)17-42-32)44-35(46-34)33(40)41)26-7-4-8-27(31(26)39)29-11-10-23(36(45-29)50-2)18-47-20-38(37(49)51-3)14-12-24(47)13-15-38/h4-11,16-17,19,24,33H,12-15,18,20H2,1-3H3,(H,43,44,46). The summed E-state index contributed by atoms with van der Waals surface area (Å²) in [5, 5.41) is 3.64. The molecule has 0 unspecified atom stereocenters. The number of piperidine rings is 2. The Morgan fingerprint density at radius 3 is 2.53 bits per heavy atom. The van der Waals surface area contributed by atoms with E-state index in [1.54, 1.807) is 13.2 Å². The summed E-state index contributed by atoms with van der Waals surface area (Å²) in [4.78, 5) is 43.5. The van der Waals surface area contributed by atoms with Crippen molar-refractivity contribution in [3.63, 3.8) is 0 Å². The van der Waals surface area contributed by atoms with Crippen LogP contribution in [0.25, 0.3) is 33.4 Å². The fraction of sp³-hybridized carbons (Fsp3) is 0.316. The maximum absolute atomic E-state index is 13.8. The Balaban J connectivity index is 1.19. The number of rotatable bonds is 10. The second kappa shape index (κ2) is 13.9. The molecular formula is C38H35ClF2N6O4. The lowest BCUT2D eigenvalue weighted by atomic mass is 9.67. The molecule has 0 amide bonds. The van der Waals surface area contributed by atoms with Crippen molar-refractivity contribution in [1.29, 1.82) is 0 Å². The number of nitrogens with zero attached hydrogens (tertiary/aromatic N) is 5. The topological polar surface area (TPSA) is 119 Å². The minimum absolute atomic E-state index is 0.0853. The van der Waals surface area contributed by atoms with E-state index in [0.29, 0.717) is 53.3 Å². The van der Waals surface area contributed by atoms with Gasteiger partial charge in [-0.2, -0.15) is 0 Å². The molecule has 10 nitrogen and oxygen atoms in total. The monoisotopic (exact) mass is 712 g/mol. The smallest absolute Gasteiger partial charge is 0.313 e. The van der Waals surface area contributed by atoms with E-state index in [1.807, 2.05) is 49.4 Å². The quantitative estimate of drug-likeness (QED) is 0.112. The van der Waals surface area contributed by atoms with Gasteiger partial charge in [0, 0.05) is 53.3 Å². The van der Waals surface area contributed by atoms with Gasteiger partial charge in [0.05, 0.1) is 35.9 Å². The molecule has 1 saturated carbocycles. The van der Waals surface area contributed by atoms with Crippen molar-refractivity contribution in [2.24, 2.45) is 5.41 Å². The van der Waals surface area contributed by atoms with Crippen LogP contribution in [0.2, 0.25) is 5.02 Å². The second-order valence-corrected chi connectivity index (χ2v) is 13.4. The summed E-state index contributed by atoms with van der Waals surface area (Å²) in [6.07, 6.45) is 2.59. The summed E-state index contributed by atoms with van der Waals surface area (Å²) in [7, 11) is 3.05. The van der Waals surface area contributed by atoms with E-state index < -0.39 is 17.7 Å². The van der Waals surface area contributed by atoms with E-state index in [9.17, 15) is 18.4 Å². The molecule has 2 saturated heterocycles. The van der Waals surface area contributed by atoms with Crippen LogP contribution in [0.3, 0.4) is 0 Å². The first-order valence-corrected chi connectivity index (χ1v) is 17.0. The van der Waals surface area contributed by atoms with E-state index in [-0.39, 0.29) is 28.4 Å². The van der Waals surface area contributed by atoms with Crippen molar-refractivity contribution in [2.45, 2.75) is 51.6 Å². The normalized spacial score (nSPS) is 18.6. The number of hydrogen-bond donors (Lipinski definition) is 1. The van der Waals surface area contributed by atoms with Crippen LogP contribution in [0.5, 0.6) is 5.88 Å². The van der Waals surface area contributed by atoms with Gasteiger partial charge in [-0.15, -0.1) is 0 Å². The number of nitrogens with one attached hydrogen (secondary N) is 1. The Morgan fingerprint density at radius 2 is 1.80 bits per heavy atom. The molecule has 51 heavy (non-hydrogen) atoms. The van der Waals surface area contributed by atoms with E-state index in [2.05, 4.69) is 25.2 Å². The van der Waals surface area contributed by atoms with E-state index >= 15 is 0 Å². The van der Waals surface area contributed by atoms with Gasteiger partial charge in [0.25, 0.3) is 6.43 Å². The largest absolute Gasteiger partial charge is 0.481 e. The van der Waals surface area contributed by atoms with Crippen molar-refractivity contribution >= 4 is 46.4 Å². The summed E-state index contributed by atoms with van der Waals surface area (Å²) in [5.74, 6) is -0.241. The van der Waals surface area contributed by atoms with Crippen LogP contribution in [0.15, 0.2) is 60.8 Å². The highest BCUT2D eigenvalue weighted by atomic mass is 35.5. The molecule has 1 aliphatic carbocycles. The van der Waals surface area contributed by atoms with E-state index in [0.717, 1.165) is 47.9 Å². The van der Waals surface area contributed by atoms with Gasteiger partial charge in [0.15, 0.2) is 17.9 Å². The zero-order chi connectivity index (χ0) is 35.9. The van der Waals surface area contributed by atoms with Crippen LogP contribution in [-0.2, 0) is 16.1 Å². The molecule has 1 N–H and O–H groups in total. The molecule has 3 fully saturated rings. The average molecular weight is 713 g/mol. The highest BCUT2D eigenvalue weighted by Gasteiger charge is 2.50. The Kier molecular flexibility index (Phi) is 9.38. The van der Waals surface area contributed by atoms with Gasteiger partial charge in [-0.05, 0) is 61.9 Å². The molecule has 3 aromatic heterocycles. The molecule has 5 heterocycles. The third kappa shape index (κ3) is 6.38. The third-order valence-electron chi connectivity index (χ3n) is 10.1. The number of halogens is 3. The minimum Gasteiger partial charge on any atom is -0.481 e. The predicted molar refractivity (Wildman–Crippen MR) is 189 cm³/mol. The molecule has 8 rings (SSSR count). The SMILES string of the molecule is COC(=O)C12CCC(CC1)N(Cc1ccc(-c3cccc(-c4cccc(Nc5nc(C(F)F)nc6cc(C=O)cnc56)c4C)c3Cl)nc1OC)C2. The van der Waals surface area contributed by atoms with Crippen LogP contribution in [0.4, 0.5) is 20.3 Å². The lowest BCUT2D eigenvalue weighted by molar-refractivity contribution is -0.163. The van der Waals surface area contributed by atoms with Crippen LogP contribution in [0, 0.1) is 12.3 Å². The number of pyridine rings is 2. The minimum atomic E-state index is -2.93. The number of aldehydes is 1. The van der Waals surface area contributed by atoms with Crippen LogP contribution in [-0.4, -0.2) is 63.9 Å². The second-order valence-electron chi connectivity index (χ2n) is 13.0. The Morgan fingerprint density at radius 1 is 1.06 bits per heavy atom. The number of anilines is 2.